The lowest BCUT2D eigenvalue weighted by Gasteiger charge is -2.20. The van der Waals surface area contributed by atoms with E-state index in [4.69, 9.17) is 28.9 Å². The van der Waals surface area contributed by atoms with Crippen LogP contribution in [0.5, 0.6) is 0 Å². The zero-order valence-electron chi connectivity index (χ0n) is 10.3. The van der Waals surface area contributed by atoms with Gasteiger partial charge in [0, 0.05) is 11.6 Å². The van der Waals surface area contributed by atoms with Gasteiger partial charge in [0.05, 0.1) is 25.4 Å². The Morgan fingerprint density at radius 1 is 1.11 bits per heavy atom. The molecule has 4 nitrogen and oxygen atoms in total. The SMILES string of the molecule is NC(CO)(CO)CO.[B]c1c(F)cc(F)c(C)c1F. The highest BCUT2D eigenvalue weighted by Gasteiger charge is 2.20. The molecule has 1 aromatic rings. The fourth-order valence-corrected chi connectivity index (χ4v) is 0.859. The summed E-state index contributed by atoms with van der Waals surface area (Å²) in [6.45, 7) is -0.0134. The maximum absolute atomic E-state index is 12.6. The monoisotopic (exact) mass is 277 g/mol. The highest BCUT2D eigenvalue weighted by Crippen LogP contribution is 2.09. The van der Waals surface area contributed by atoms with Crippen LogP contribution < -0.4 is 11.2 Å². The zero-order chi connectivity index (χ0) is 15.2. The van der Waals surface area contributed by atoms with E-state index in [1.807, 2.05) is 0 Å². The van der Waals surface area contributed by atoms with E-state index in [9.17, 15) is 13.2 Å². The lowest BCUT2D eigenvalue weighted by atomic mass is 9.93. The van der Waals surface area contributed by atoms with E-state index in [2.05, 4.69) is 0 Å². The molecule has 2 radical (unpaired) electrons. The van der Waals surface area contributed by atoms with Gasteiger partial charge in [0.1, 0.15) is 25.3 Å². The number of hydrogen-bond acceptors (Lipinski definition) is 4. The smallest absolute Gasteiger partial charge is 0.131 e. The molecule has 0 aromatic heterocycles. The van der Waals surface area contributed by atoms with Crippen LogP contribution in [0.15, 0.2) is 6.07 Å². The number of halogens is 3. The maximum Gasteiger partial charge on any atom is 0.131 e. The van der Waals surface area contributed by atoms with Crippen LogP contribution >= 0.6 is 0 Å². The first kappa shape index (κ1) is 17.9. The van der Waals surface area contributed by atoms with Crippen molar-refractivity contribution in [3.8, 4) is 0 Å². The Bertz CT molecular complexity index is 394. The summed E-state index contributed by atoms with van der Waals surface area (Å²) in [5, 5.41) is 25.0. The number of rotatable bonds is 3. The van der Waals surface area contributed by atoms with Crippen LogP contribution in [0.2, 0.25) is 0 Å². The molecule has 0 saturated carbocycles. The molecule has 0 unspecified atom stereocenters. The maximum atomic E-state index is 12.6. The molecule has 106 valence electrons. The second-order valence-corrected chi connectivity index (χ2v) is 4.03. The van der Waals surface area contributed by atoms with Crippen LogP contribution in [-0.2, 0) is 0 Å². The largest absolute Gasteiger partial charge is 0.394 e. The summed E-state index contributed by atoms with van der Waals surface area (Å²) in [5.74, 6) is -3.01. The summed E-state index contributed by atoms with van der Waals surface area (Å²) in [4.78, 5) is 0. The van der Waals surface area contributed by atoms with Crippen LogP contribution in [-0.4, -0.2) is 48.5 Å². The fraction of sp³-hybridized carbons (Fsp3) is 0.455. The molecular formula is C11H15BF3NO3. The number of aliphatic hydroxyl groups is 3. The normalized spacial score (nSPS) is 10.9. The molecule has 0 saturated heterocycles. The van der Waals surface area contributed by atoms with Crippen molar-refractivity contribution >= 4 is 13.3 Å². The molecule has 0 atom stereocenters. The molecule has 8 heteroatoms. The molecular weight excluding hydrogens is 262 g/mol. The lowest BCUT2D eigenvalue weighted by Crippen LogP contribution is -2.50. The van der Waals surface area contributed by atoms with E-state index in [1.165, 1.54) is 6.92 Å². The van der Waals surface area contributed by atoms with E-state index in [1.54, 1.807) is 0 Å². The van der Waals surface area contributed by atoms with Crippen LogP contribution in [0, 0.1) is 24.4 Å². The van der Waals surface area contributed by atoms with Gasteiger partial charge < -0.3 is 21.1 Å². The van der Waals surface area contributed by atoms with Crippen LogP contribution in [0.1, 0.15) is 5.56 Å². The van der Waals surface area contributed by atoms with Crippen LogP contribution in [0.3, 0.4) is 0 Å². The molecule has 0 heterocycles. The quantitative estimate of drug-likeness (QED) is 0.526. The Morgan fingerprint density at radius 2 is 1.53 bits per heavy atom. The average molecular weight is 277 g/mol. The summed E-state index contributed by atoms with van der Waals surface area (Å²) in [6, 6.07) is 0.563. The fourth-order valence-electron chi connectivity index (χ4n) is 0.859. The molecule has 19 heavy (non-hydrogen) atoms. The molecule has 0 aliphatic carbocycles. The van der Waals surface area contributed by atoms with E-state index in [0.717, 1.165) is 0 Å². The molecule has 0 aliphatic heterocycles. The summed E-state index contributed by atoms with van der Waals surface area (Å²) in [6.07, 6.45) is 0. The van der Waals surface area contributed by atoms with E-state index < -0.39 is 48.3 Å². The Kier molecular flexibility index (Phi) is 7.06. The molecule has 0 aliphatic rings. The van der Waals surface area contributed by atoms with Crippen molar-refractivity contribution in [1.29, 1.82) is 0 Å². The van der Waals surface area contributed by atoms with Gasteiger partial charge >= 0.3 is 0 Å². The molecule has 5 N–H and O–H groups in total. The van der Waals surface area contributed by atoms with Crippen LogP contribution in [0.25, 0.3) is 0 Å². The molecule has 1 rings (SSSR count). The topological polar surface area (TPSA) is 86.7 Å². The number of nitrogens with two attached hydrogens (primary N) is 1. The molecule has 1 aromatic carbocycles. The summed E-state index contributed by atoms with van der Waals surface area (Å²) < 4.78 is 37.5. The van der Waals surface area contributed by atoms with Gasteiger partial charge in [0.2, 0.25) is 0 Å². The molecule has 0 amide bonds. The predicted octanol–water partition coefficient (Wildman–Crippen LogP) is -1.13. The Labute approximate surface area is 110 Å². The highest BCUT2D eigenvalue weighted by atomic mass is 19.1. The predicted molar refractivity (Wildman–Crippen MR) is 64.6 cm³/mol. The van der Waals surface area contributed by atoms with Gasteiger partial charge in [-0.2, -0.15) is 0 Å². The minimum atomic E-state index is -1.21. The Balaban J connectivity index is 0.000000362. The first-order valence-electron chi connectivity index (χ1n) is 5.23. The summed E-state index contributed by atoms with van der Waals surface area (Å²) in [7, 11) is 4.93. The summed E-state index contributed by atoms with van der Waals surface area (Å²) >= 11 is 0. The second-order valence-electron chi connectivity index (χ2n) is 4.03. The van der Waals surface area contributed by atoms with E-state index in [-0.39, 0.29) is 5.56 Å². The molecule has 0 fully saturated rings. The third kappa shape index (κ3) is 4.83. The first-order valence-corrected chi connectivity index (χ1v) is 5.23. The van der Waals surface area contributed by atoms with Crippen molar-refractivity contribution in [2.75, 3.05) is 19.8 Å². The van der Waals surface area contributed by atoms with Gasteiger partial charge in [-0.25, -0.2) is 13.2 Å². The van der Waals surface area contributed by atoms with Gasteiger partial charge in [-0.3, -0.25) is 0 Å². The van der Waals surface area contributed by atoms with Crippen LogP contribution in [0.4, 0.5) is 13.2 Å². The number of hydrogen-bond donors (Lipinski definition) is 4. The van der Waals surface area contributed by atoms with Crippen molar-refractivity contribution in [1.82, 2.24) is 0 Å². The molecule has 0 bridgehead atoms. The number of aliphatic hydroxyl groups excluding tert-OH is 3. The van der Waals surface area contributed by atoms with Crippen molar-refractivity contribution in [3.05, 3.63) is 29.1 Å². The Hall–Kier alpha value is -1.09. The van der Waals surface area contributed by atoms with Gasteiger partial charge in [-0.1, -0.05) is 0 Å². The van der Waals surface area contributed by atoms with Gasteiger partial charge in [-0.05, 0) is 12.4 Å². The average Bonchev–Trinajstić information content (AvgIpc) is 2.43. The first-order chi connectivity index (χ1) is 8.72. The van der Waals surface area contributed by atoms with E-state index >= 15 is 0 Å². The van der Waals surface area contributed by atoms with Gasteiger partial charge in [0.15, 0.2) is 0 Å². The summed E-state index contributed by atoms with van der Waals surface area (Å²) in [5.41, 5.74) is 3.04. The minimum absolute atomic E-state index is 0.260. The highest BCUT2D eigenvalue weighted by molar-refractivity contribution is 6.32. The van der Waals surface area contributed by atoms with Crippen molar-refractivity contribution in [2.45, 2.75) is 12.5 Å². The second kappa shape index (κ2) is 7.49. The zero-order valence-corrected chi connectivity index (χ0v) is 10.3. The van der Waals surface area contributed by atoms with Crippen molar-refractivity contribution < 1.29 is 28.5 Å². The number of benzene rings is 1. The molecule has 0 spiro atoms. The van der Waals surface area contributed by atoms with Crippen molar-refractivity contribution in [3.63, 3.8) is 0 Å². The minimum Gasteiger partial charge on any atom is -0.394 e. The Morgan fingerprint density at radius 3 is 1.84 bits per heavy atom. The lowest BCUT2D eigenvalue weighted by molar-refractivity contribution is 0.0698. The van der Waals surface area contributed by atoms with Gasteiger partial charge in [-0.15, -0.1) is 0 Å². The third-order valence-electron chi connectivity index (χ3n) is 2.38. The van der Waals surface area contributed by atoms with Crippen molar-refractivity contribution in [2.24, 2.45) is 5.73 Å². The third-order valence-corrected chi connectivity index (χ3v) is 2.38. The standard InChI is InChI=1S/C7H4BF3.C4H11NO3/c1-3-4(9)2-5(10)6(8)7(3)11;5-4(1-6,2-7)3-8/h2H,1H3;6-8H,1-3,5H2. The van der Waals surface area contributed by atoms with Gasteiger partial charge in [0.25, 0.3) is 0 Å². The van der Waals surface area contributed by atoms with E-state index in [0.29, 0.717) is 6.07 Å².